The molecule has 32 heavy (non-hydrogen) atoms. The van der Waals surface area contributed by atoms with Crippen LogP contribution in [0.15, 0.2) is 18.2 Å². The van der Waals surface area contributed by atoms with Gasteiger partial charge in [0.25, 0.3) is 11.8 Å². The van der Waals surface area contributed by atoms with Gasteiger partial charge in [-0.1, -0.05) is 6.07 Å². The first-order valence-corrected chi connectivity index (χ1v) is 11.3. The van der Waals surface area contributed by atoms with E-state index in [4.69, 9.17) is 0 Å². The fourth-order valence-electron chi connectivity index (χ4n) is 5.32. The summed E-state index contributed by atoms with van der Waals surface area (Å²) in [4.78, 5) is 67.9. The van der Waals surface area contributed by atoms with Crippen molar-refractivity contribution < 1.29 is 24.0 Å². The molecule has 4 aliphatic heterocycles. The van der Waals surface area contributed by atoms with Crippen LogP contribution in [0.2, 0.25) is 0 Å². The van der Waals surface area contributed by atoms with Gasteiger partial charge in [-0.15, -0.1) is 0 Å². The average molecular weight is 438 g/mol. The maximum atomic E-state index is 13.3. The first kappa shape index (κ1) is 20.7. The zero-order valence-corrected chi connectivity index (χ0v) is 17.8. The summed E-state index contributed by atoms with van der Waals surface area (Å²) in [6.45, 7) is 2.94. The Morgan fingerprint density at radius 2 is 1.62 bits per heavy atom. The molecule has 1 unspecified atom stereocenters. The van der Waals surface area contributed by atoms with Gasteiger partial charge in [-0.05, 0) is 44.2 Å². The maximum absolute atomic E-state index is 13.3. The molecule has 1 atom stereocenters. The van der Waals surface area contributed by atoms with E-state index in [-0.39, 0.29) is 30.2 Å². The number of amides is 5. The third-order valence-corrected chi connectivity index (χ3v) is 7.05. The lowest BCUT2D eigenvalue weighted by molar-refractivity contribution is -0.136. The first-order chi connectivity index (χ1) is 15.5. The number of fused-ring (bicyclic) bond motifs is 1. The minimum Gasteiger partial charge on any atom is -0.371 e. The number of anilines is 1. The largest absolute Gasteiger partial charge is 0.371 e. The van der Waals surface area contributed by atoms with E-state index in [9.17, 15) is 24.0 Å². The molecule has 3 saturated heterocycles. The lowest BCUT2D eigenvalue weighted by Gasteiger charge is -2.35. The minimum atomic E-state index is -0.975. The second kappa shape index (κ2) is 8.03. The molecule has 168 valence electrons. The highest BCUT2D eigenvalue weighted by molar-refractivity contribution is 6.25. The fraction of sp³-hybridized carbons (Fsp3) is 0.522. The smallest absolute Gasteiger partial charge is 0.264 e. The van der Waals surface area contributed by atoms with Gasteiger partial charge in [0.1, 0.15) is 6.04 Å². The van der Waals surface area contributed by atoms with Gasteiger partial charge in [0.05, 0.1) is 16.8 Å². The van der Waals surface area contributed by atoms with Crippen molar-refractivity contribution in [1.82, 2.24) is 15.1 Å². The Kier molecular flexibility index (Phi) is 5.19. The number of hydrogen-bond donors (Lipinski definition) is 1. The number of piperidine rings is 2. The zero-order valence-electron chi connectivity index (χ0n) is 17.8. The molecule has 1 N–H and O–H groups in total. The fourth-order valence-corrected chi connectivity index (χ4v) is 5.32. The number of nitrogens with one attached hydrogen (secondary N) is 1. The second-order valence-corrected chi connectivity index (χ2v) is 8.94. The number of nitrogens with zero attached hydrogens (tertiary/aromatic N) is 3. The molecule has 0 radical (unpaired) electrons. The summed E-state index contributed by atoms with van der Waals surface area (Å²) in [7, 11) is 0. The van der Waals surface area contributed by atoms with Gasteiger partial charge >= 0.3 is 0 Å². The summed E-state index contributed by atoms with van der Waals surface area (Å²) < 4.78 is 0. The molecule has 0 aliphatic carbocycles. The SMILES string of the molecule is O=C1CCC(N2C(=O)c3cccc(N4CCC(C(=O)N5CCCC5)CC4)c3C2=O)C(=O)N1. The van der Waals surface area contributed by atoms with Crippen molar-refractivity contribution >= 4 is 35.2 Å². The Balaban J connectivity index is 1.34. The average Bonchev–Trinajstić information content (AvgIpc) is 3.42. The minimum absolute atomic E-state index is 0.00147. The van der Waals surface area contributed by atoms with Crippen LogP contribution in [0.3, 0.4) is 0 Å². The van der Waals surface area contributed by atoms with E-state index in [2.05, 4.69) is 10.2 Å². The number of hydrogen-bond acceptors (Lipinski definition) is 6. The van der Waals surface area contributed by atoms with Crippen molar-refractivity contribution in [3.63, 3.8) is 0 Å². The maximum Gasteiger partial charge on any atom is 0.264 e. The number of rotatable bonds is 3. The van der Waals surface area contributed by atoms with Crippen LogP contribution in [0.5, 0.6) is 0 Å². The summed E-state index contributed by atoms with van der Waals surface area (Å²) in [5.74, 6) is -1.77. The van der Waals surface area contributed by atoms with Gasteiger partial charge in [-0.2, -0.15) is 0 Å². The molecule has 0 bridgehead atoms. The first-order valence-electron chi connectivity index (χ1n) is 11.3. The predicted molar refractivity (Wildman–Crippen MR) is 114 cm³/mol. The van der Waals surface area contributed by atoms with Gasteiger partial charge in [0.2, 0.25) is 17.7 Å². The van der Waals surface area contributed by atoms with Crippen molar-refractivity contribution in [2.75, 3.05) is 31.1 Å². The molecule has 9 heteroatoms. The molecule has 5 amide bonds. The Morgan fingerprint density at radius 3 is 2.31 bits per heavy atom. The number of imide groups is 2. The normalized spacial score (nSPS) is 24.2. The Bertz CT molecular complexity index is 1010. The van der Waals surface area contributed by atoms with Gasteiger partial charge in [-0.3, -0.25) is 34.2 Å². The number of carbonyl (C=O) groups excluding carboxylic acids is 5. The highest BCUT2D eigenvalue weighted by atomic mass is 16.2. The number of carbonyl (C=O) groups is 5. The second-order valence-electron chi connectivity index (χ2n) is 8.94. The molecule has 0 aromatic heterocycles. The van der Waals surface area contributed by atoms with E-state index >= 15 is 0 Å². The van der Waals surface area contributed by atoms with Crippen LogP contribution in [-0.2, 0) is 14.4 Å². The molecular formula is C23H26N4O5. The Hall–Kier alpha value is -3.23. The van der Waals surface area contributed by atoms with E-state index in [1.54, 1.807) is 12.1 Å². The highest BCUT2D eigenvalue weighted by Crippen LogP contribution is 2.36. The third-order valence-electron chi connectivity index (χ3n) is 7.05. The molecule has 1 aromatic carbocycles. The number of benzene rings is 1. The Morgan fingerprint density at radius 1 is 0.906 bits per heavy atom. The van der Waals surface area contributed by atoms with Crippen molar-refractivity contribution in [2.24, 2.45) is 5.92 Å². The number of likely N-dealkylation sites (tertiary alicyclic amines) is 1. The molecule has 0 spiro atoms. The van der Waals surface area contributed by atoms with E-state index in [1.165, 1.54) is 0 Å². The monoisotopic (exact) mass is 438 g/mol. The summed E-state index contributed by atoms with van der Waals surface area (Å²) >= 11 is 0. The van der Waals surface area contributed by atoms with E-state index in [0.717, 1.165) is 30.8 Å². The van der Waals surface area contributed by atoms with Crippen LogP contribution >= 0.6 is 0 Å². The van der Waals surface area contributed by atoms with E-state index in [0.29, 0.717) is 37.2 Å². The van der Waals surface area contributed by atoms with Crippen LogP contribution in [0.4, 0.5) is 5.69 Å². The summed E-state index contributed by atoms with van der Waals surface area (Å²) in [6, 6.07) is 4.20. The van der Waals surface area contributed by atoms with Crippen LogP contribution in [-0.4, -0.2) is 71.6 Å². The molecule has 3 fully saturated rings. The molecule has 4 heterocycles. The standard InChI is InChI=1S/C23H26N4O5/c28-18-7-6-17(20(29)24-18)27-22(31)15-4-3-5-16(19(15)23(27)32)25-12-8-14(9-13-25)21(30)26-10-1-2-11-26/h3-5,14,17H,1-2,6-13H2,(H,24,28,29). The third kappa shape index (κ3) is 3.36. The summed E-state index contributed by atoms with van der Waals surface area (Å²) in [6.07, 6.45) is 3.78. The van der Waals surface area contributed by atoms with Crippen LogP contribution in [0.1, 0.15) is 59.2 Å². The lowest BCUT2D eigenvalue weighted by Crippen LogP contribution is -2.54. The Labute approximate surface area is 185 Å². The van der Waals surface area contributed by atoms with E-state index < -0.39 is 29.7 Å². The van der Waals surface area contributed by atoms with Crippen molar-refractivity contribution in [3.8, 4) is 0 Å². The van der Waals surface area contributed by atoms with Crippen LogP contribution in [0.25, 0.3) is 0 Å². The predicted octanol–water partition coefficient (Wildman–Crippen LogP) is 0.927. The quantitative estimate of drug-likeness (QED) is 0.704. The zero-order chi connectivity index (χ0) is 22.4. The molecular weight excluding hydrogens is 412 g/mol. The van der Waals surface area contributed by atoms with Gasteiger partial charge in [0.15, 0.2) is 0 Å². The molecule has 5 rings (SSSR count). The molecule has 9 nitrogen and oxygen atoms in total. The van der Waals surface area contributed by atoms with Crippen molar-refractivity contribution in [3.05, 3.63) is 29.3 Å². The molecule has 4 aliphatic rings. The van der Waals surface area contributed by atoms with Crippen molar-refractivity contribution in [1.29, 1.82) is 0 Å². The van der Waals surface area contributed by atoms with Gasteiger partial charge in [-0.25, -0.2) is 0 Å². The summed E-state index contributed by atoms with van der Waals surface area (Å²) in [5, 5.41) is 2.22. The molecule has 0 saturated carbocycles. The topological polar surface area (TPSA) is 107 Å². The lowest BCUT2D eigenvalue weighted by atomic mass is 9.94. The van der Waals surface area contributed by atoms with E-state index in [1.807, 2.05) is 11.0 Å². The molecule has 1 aromatic rings. The van der Waals surface area contributed by atoms with Gasteiger partial charge in [0, 0.05) is 38.5 Å². The van der Waals surface area contributed by atoms with Gasteiger partial charge < -0.3 is 9.80 Å². The highest BCUT2D eigenvalue weighted by Gasteiger charge is 2.46. The van der Waals surface area contributed by atoms with Crippen LogP contribution in [0, 0.1) is 5.92 Å². The van der Waals surface area contributed by atoms with Crippen LogP contribution < -0.4 is 10.2 Å². The summed E-state index contributed by atoms with van der Waals surface area (Å²) in [5.41, 5.74) is 1.27. The van der Waals surface area contributed by atoms with Crippen molar-refractivity contribution in [2.45, 2.75) is 44.6 Å².